The van der Waals surface area contributed by atoms with Crippen molar-refractivity contribution in [3.63, 3.8) is 0 Å². The van der Waals surface area contributed by atoms with E-state index in [9.17, 15) is 9.18 Å². The molecule has 5 nitrogen and oxygen atoms in total. The van der Waals surface area contributed by atoms with Crippen molar-refractivity contribution in [3.05, 3.63) is 65.7 Å². The van der Waals surface area contributed by atoms with E-state index in [1.54, 1.807) is 12.1 Å². The molecule has 27 heavy (non-hydrogen) atoms. The zero-order valence-corrected chi connectivity index (χ0v) is 15.3. The summed E-state index contributed by atoms with van der Waals surface area (Å²) in [6.45, 7) is 4.32. The van der Waals surface area contributed by atoms with Crippen LogP contribution in [0.15, 0.2) is 48.7 Å². The maximum atomic E-state index is 13.5. The third-order valence-corrected chi connectivity index (χ3v) is 5.49. The van der Waals surface area contributed by atoms with Crippen molar-refractivity contribution in [1.29, 1.82) is 0 Å². The van der Waals surface area contributed by atoms with Crippen LogP contribution in [0.3, 0.4) is 0 Å². The molecule has 0 aliphatic carbocycles. The predicted molar refractivity (Wildman–Crippen MR) is 99.7 cm³/mol. The highest BCUT2D eigenvalue weighted by Crippen LogP contribution is 2.31. The molecule has 0 radical (unpaired) electrons. The van der Waals surface area contributed by atoms with Gasteiger partial charge in [-0.05, 0) is 43.2 Å². The normalized spacial score (nSPS) is 20.0. The fraction of sp³-hybridized carbons (Fsp3) is 0.429. The number of piperidine rings is 1. The highest BCUT2D eigenvalue weighted by Gasteiger charge is 2.41. The van der Waals surface area contributed by atoms with Crippen molar-refractivity contribution in [3.8, 4) is 0 Å². The van der Waals surface area contributed by atoms with Crippen LogP contribution in [0, 0.1) is 5.82 Å². The number of morpholine rings is 1. The molecular weight excluding hydrogens is 345 g/mol. The van der Waals surface area contributed by atoms with Gasteiger partial charge in [-0.25, -0.2) is 4.39 Å². The third-order valence-electron chi connectivity index (χ3n) is 5.49. The number of amides is 1. The monoisotopic (exact) mass is 369 g/mol. The Labute approximate surface area is 158 Å². The van der Waals surface area contributed by atoms with E-state index in [0.29, 0.717) is 25.3 Å². The van der Waals surface area contributed by atoms with Crippen LogP contribution in [-0.4, -0.2) is 59.1 Å². The number of aromatic nitrogens is 1. The summed E-state index contributed by atoms with van der Waals surface area (Å²) in [4.78, 5) is 21.4. The van der Waals surface area contributed by atoms with Crippen LogP contribution in [0.2, 0.25) is 0 Å². The number of carbonyl (C=O) groups excluding carboxylic acids is 1. The molecule has 2 aromatic rings. The SMILES string of the molecule is O=C(c1cccc(F)c1)N1CCOC2(CCN(Cc3ccccn3)CC2)C1. The van der Waals surface area contributed by atoms with Gasteiger partial charge in [0.05, 0.1) is 24.4 Å². The third kappa shape index (κ3) is 4.17. The van der Waals surface area contributed by atoms with Crippen LogP contribution in [0.1, 0.15) is 28.9 Å². The lowest BCUT2D eigenvalue weighted by Crippen LogP contribution is -2.57. The molecule has 0 N–H and O–H groups in total. The van der Waals surface area contributed by atoms with E-state index >= 15 is 0 Å². The number of halogens is 1. The molecule has 2 fully saturated rings. The number of carbonyl (C=O) groups is 1. The second-order valence-electron chi connectivity index (χ2n) is 7.37. The van der Waals surface area contributed by atoms with Crippen LogP contribution in [0.4, 0.5) is 4.39 Å². The molecule has 3 heterocycles. The summed E-state index contributed by atoms with van der Waals surface area (Å²) in [5, 5.41) is 0. The van der Waals surface area contributed by atoms with Crippen molar-refractivity contribution in [1.82, 2.24) is 14.8 Å². The van der Waals surface area contributed by atoms with Gasteiger partial charge in [0.15, 0.2) is 0 Å². The molecule has 0 unspecified atom stereocenters. The number of pyridine rings is 1. The van der Waals surface area contributed by atoms with E-state index < -0.39 is 0 Å². The molecule has 0 saturated carbocycles. The fourth-order valence-electron chi connectivity index (χ4n) is 3.96. The Hall–Kier alpha value is -2.31. The van der Waals surface area contributed by atoms with Crippen molar-refractivity contribution in [2.45, 2.75) is 25.0 Å². The Morgan fingerprint density at radius 3 is 2.74 bits per heavy atom. The van der Waals surface area contributed by atoms with Gasteiger partial charge in [-0.2, -0.15) is 0 Å². The van der Waals surface area contributed by atoms with Gasteiger partial charge in [0, 0.05) is 37.9 Å². The lowest BCUT2D eigenvalue weighted by Gasteiger charge is -2.47. The number of ether oxygens (including phenoxy) is 1. The van der Waals surface area contributed by atoms with E-state index in [4.69, 9.17) is 4.74 Å². The molecule has 142 valence electrons. The summed E-state index contributed by atoms with van der Waals surface area (Å²) in [6.07, 6.45) is 3.58. The summed E-state index contributed by atoms with van der Waals surface area (Å²) in [5.74, 6) is -0.500. The van der Waals surface area contributed by atoms with Crippen molar-refractivity contribution < 1.29 is 13.9 Å². The van der Waals surface area contributed by atoms with Gasteiger partial charge in [0.2, 0.25) is 0 Å². The van der Waals surface area contributed by atoms with Gasteiger partial charge >= 0.3 is 0 Å². The molecule has 2 aliphatic heterocycles. The molecule has 2 aliphatic rings. The lowest BCUT2D eigenvalue weighted by molar-refractivity contribution is -0.128. The van der Waals surface area contributed by atoms with E-state index in [1.807, 2.05) is 29.3 Å². The summed E-state index contributed by atoms with van der Waals surface area (Å²) >= 11 is 0. The first-order valence-electron chi connectivity index (χ1n) is 9.45. The van der Waals surface area contributed by atoms with Gasteiger partial charge in [0.1, 0.15) is 5.82 Å². The van der Waals surface area contributed by atoms with E-state index in [1.165, 1.54) is 12.1 Å². The zero-order valence-electron chi connectivity index (χ0n) is 15.3. The molecule has 6 heteroatoms. The van der Waals surface area contributed by atoms with Crippen molar-refractivity contribution in [2.24, 2.45) is 0 Å². The van der Waals surface area contributed by atoms with Gasteiger partial charge in [-0.15, -0.1) is 0 Å². The van der Waals surface area contributed by atoms with E-state index in [0.717, 1.165) is 38.2 Å². The fourth-order valence-corrected chi connectivity index (χ4v) is 3.96. The molecule has 1 amide bonds. The van der Waals surface area contributed by atoms with Crippen LogP contribution >= 0.6 is 0 Å². The number of hydrogen-bond acceptors (Lipinski definition) is 4. The van der Waals surface area contributed by atoms with Crippen LogP contribution in [0.5, 0.6) is 0 Å². The number of hydrogen-bond donors (Lipinski definition) is 0. The molecule has 0 atom stereocenters. The van der Waals surface area contributed by atoms with Crippen LogP contribution < -0.4 is 0 Å². The molecule has 2 saturated heterocycles. The Balaban J connectivity index is 1.37. The van der Waals surface area contributed by atoms with E-state index in [-0.39, 0.29) is 17.3 Å². The minimum atomic E-state index is -0.383. The maximum Gasteiger partial charge on any atom is 0.254 e. The minimum Gasteiger partial charge on any atom is -0.371 e. The van der Waals surface area contributed by atoms with Gasteiger partial charge in [0.25, 0.3) is 5.91 Å². The number of likely N-dealkylation sites (tertiary alicyclic amines) is 1. The lowest BCUT2D eigenvalue weighted by atomic mass is 9.89. The average Bonchev–Trinajstić information content (AvgIpc) is 2.70. The quantitative estimate of drug-likeness (QED) is 0.835. The smallest absolute Gasteiger partial charge is 0.254 e. The first-order valence-corrected chi connectivity index (χ1v) is 9.45. The van der Waals surface area contributed by atoms with Gasteiger partial charge in [-0.3, -0.25) is 14.7 Å². The summed E-state index contributed by atoms with van der Waals surface area (Å²) in [5.41, 5.74) is 1.18. The maximum absolute atomic E-state index is 13.5. The Bertz CT molecular complexity index is 791. The Kier molecular flexibility index (Phi) is 5.18. The van der Waals surface area contributed by atoms with E-state index in [2.05, 4.69) is 9.88 Å². The average molecular weight is 369 g/mol. The van der Waals surface area contributed by atoms with Gasteiger partial charge in [-0.1, -0.05) is 12.1 Å². The minimum absolute atomic E-state index is 0.118. The Morgan fingerprint density at radius 1 is 1.15 bits per heavy atom. The van der Waals surface area contributed by atoms with Crippen LogP contribution in [-0.2, 0) is 11.3 Å². The predicted octanol–water partition coefficient (Wildman–Crippen LogP) is 2.73. The van der Waals surface area contributed by atoms with Crippen molar-refractivity contribution >= 4 is 5.91 Å². The second kappa shape index (κ2) is 7.74. The van der Waals surface area contributed by atoms with Gasteiger partial charge < -0.3 is 9.64 Å². The summed E-state index contributed by atoms with van der Waals surface area (Å²) in [7, 11) is 0. The first-order chi connectivity index (χ1) is 13.1. The highest BCUT2D eigenvalue weighted by atomic mass is 19.1. The Morgan fingerprint density at radius 2 is 2.00 bits per heavy atom. The highest BCUT2D eigenvalue weighted by molar-refractivity contribution is 5.94. The largest absolute Gasteiger partial charge is 0.371 e. The number of benzene rings is 1. The summed E-state index contributed by atoms with van der Waals surface area (Å²) < 4.78 is 19.6. The topological polar surface area (TPSA) is 45.7 Å². The van der Waals surface area contributed by atoms with Crippen LogP contribution in [0.25, 0.3) is 0 Å². The molecular formula is C21H24FN3O2. The number of nitrogens with zero attached hydrogens (tertiary/aromatic N) is 3. The molecule has 1 aromatic carbocycles. The molecule has 0 bridgehead atoms. The van der Waals surface area contributed by atoms with Crippen molar-refractivity contribution in [2.75, 3.05) is 32.8 Å². The second-order valence-corrected chi connectivity index (χ2v) is 7.37. The first kappa shape index (κ1) is 18.1. The standard InChI is InChI=1S/C21H24FN3O2/c22-18-5-3-4-17(14-18)20(26)25-12-13-27-21(16-25)7-10-24(11-8-21)15-19-6-1-2-9-23-19/h1-6,9,14H,7-8,10-13,15-16H2. The molecule has 1 spiro atoms. The summed E-state index contributed by atoms with van der Waals surface area (Å²) in [6, 6.07) is 11.9. The number of rotatable bonds is 3. The molecule has 4 rings (SSSR count). The zero-order chi connectivity index (χ0) is 18.7. The molecule has 1 aromatic heterocycles.